The molecule has 0 aromatic rings. The van der Waals surface area contributed by atoms with Crippen molar-refractivity contribution in [1.82, 2.24) is 0 Å². The van der Waals surface area contributed by atoms with E-state index in [2.05, 4.69) is 0 Å². The summed E-state index contributed by atoms with van der Waals surface area (Å²) < 4.78 is 10.8. The number of halogens is 4. The Morgan fingerprint density at radius 1 is 1.24 bits per heavy atom. The van der Waals surface area contributed by atoms with E-state index in [1.165, 1.54) is 14.2 Å². The second kappa shape index (κ2) is 4.14. The molecule has 0 aromatic heterocycles. The Morgan fingerprint density at radius 2 is 1.76 bits per heavy atom. The second-order valence-electron chi connectivity index (χ2n) is 4.25. The van der Waals surface area contributed by atoms with Gasteiger partial charge in [-0.05, 0) is 6.42 Å². The Bertz CT molecular complexity index is 382. The van der Waals surface area contributed by atoms with Gasteiger partial charge in [-0.2, -0.15) is 0 Å². The zero-order chi connectivity index (χ0) is 13.1. The number of ether oxygens (including phenoxy) is 2. The number of aliphatic hydroxyl groups excluding tert-OH is 1. The highest BCUT2D eigenvalue weighted by Crippen LogP contribution is 2.71. The van der Waals surface area contributed by atoms with Gasteiger partial charge in [-0.15, -0.1) is 23.2 Å². The van der Waals surface area contributed by atoms with Crippen LogP contribution in [0.5, 0.6) is 0 Å². The first-order chi connectivity index (χ1) is 7.85. The normalized spacial score (nSPS) is 43.6. The highest BCUT2D eigenvalue weighted by atomic mass is 35.5. The number of methoxy groups -OCH3 is 2. The maximum atomic E-state index is 9.42. The number of fused-ring (bicyclic) bond motifs is 2. The summed E-state index contributed by atoms with van der Waals surface area (Å²) in [6.07, 6.45) is 0.339. The predicted molar refractivity (Wildman–Crippen MR) is 67.8 cm³/mol. The maximum Gasteiger partial charge on any atom is 0.217 e. The van der Waals surface area contributed by atoms with Crippen LogP contribution in [0, 0.1) is 5.92 Å². The van der Waals surface area contributed by atoms with Gasteiger partial charge in [-0.1, -0.05) is 23.2 Å². The Balaban J connectivity index is 2.68. The van der Waals surface area contributed by atoms with E-state index >= 15 is 0 Å². The van der Waals surface area contributed by atoms with Crippen molar-refractivity contribution in [3.05, 3.63) is 10.1 Å². The molecule has 2 aliphatic carbocycles. The fourth-order valence-corrected chi connectivity index (χ4v) is 5.03. The molecule has 0 spiro atoms. The summed E-state index contributed by atoms with van der Waals surface area (Å²) in [4.78, 5) is -2.42. The third-order valence-corrected chi connectivity index (χ3v) is 6.37. The van der Waals surface area contributed by atoms with Gasteiger partial charge >= 0.3 is 0 Å². The van der Waals surface area contributed by atoms with Crippen LogP contribution in [-0.4, -0.2) is 41.5 Å². The van der Waals surface area contributed by atoms with Gasteiger partial charge in [-0.3, -0.25) is 0 Å². The van der Waals surface area contributed by atoms with Crippen LogP contribution in [0.15, 0.2) is 10.1 Å². The van der Waals surface area contributed by atoms with Crippen LogP contribution in [0.4, 0.5) is 0 Å². The van der Waals surface area contributed by atoms with Crippen molar-refractivity contribution in [2.75, 3.05) is 20.8 Å². The molecule has 2 rings (SSSR count). The molecule has 7 heteroatoms. The predicted octanol–water partition coefficient (Wildman–Crippen LogP) is 2.65. The lowest BCUT2D eigenvalue weighted by Gasteiger charge is -2.41. The molecule has 0 saturated heterocycles. The lowest BCUT2D eigenvalue weighted by atomic mass is 9.92. The number of alkyl halides is 2. The second-order valence-corrected chi connectivity index (χ2v) is 6.25. The SMILES string of the molecule is COC1(OC)[C@@]2(Cl)C[C@@H](CO)[C@@]1(Cl)C(Cl)=C2Cl. The highest BCUT2D eigenvalue weighted by Gasteiger charge is 2.80. The maximum absolute atomic E-state index is 9.42. The third-order valence-electron chi connectivity index (χ3n) is 3.75. The molecule has 3 nitrogen and oxygen atoms in total. The van der Waals surface area contributed by atoms with Gasteiger partial charge < -0.3 is 14.6 Å². The molecule has 1 N–H and O–H groups in total. The first-order valence-electron chi connectivity index (χ1n) is 5.01. The van der Waals surface area contributed by atoms with Crippen LogP contribution < -0.4 is 0 Å². The molecule has 1 fully saturated rings. The molecule has 0 unspecified atom stereocenters. The van der Waals surface area contributed by atoms with Gasteiger partial charge in [-0.25, -0.2) is 0 Å². The van der Waals surface area contributed by atoms with Crippen LogP contribution in [0.2, 0.25) is 0 Å². The van der Waals surface area contributed by atoms with Crippen LogP contribution in [0.1, 0.15) is 6.42 Å². The quantitative estimate of drug-likeness (QED) is 0.641. The van der Waals surface area contributed by atoms with Crippen LogP contribution >= 0.6 is 46.4 Å². The Hall–Kier alpha value is 0.780. The van der Waals surface area contributed by atoms with Crippen molar-refractivity contribution in [3.63, 3.8) is 0 Å². The van der Waals surface area contributed by atoms with E-state index in [1.54, 1.807) is 0 Å². The molecule has 0 radical (unpaired) electrons. The first-order valence-corrected chi connectivity index (χ1v) is 6.52. The van der Waals surface area contributed by atoms with E-state index in [0.29, 0.717) is 6.42 Å². The van der Waals surface area contributed by atoms with Crippen molar-refractivity contribution in [1.29, 1.82) is 0 Å². The summed E-state index contributed by atoms with van der Waals surface area (Å²) in [6, 6.07) is 0. The molecule has 2 bridgehead atoms. The van der Waals surface area contributed by atoms with Crippen molar-refractivity contribution in [2.24, 2.45) is 5.92 Å². The van der Waals surface area contributed by atoms with Gasteiger partial charge in [0.25, 0.3) is 0 Å². The summed E-state index contributed by atoms with van der Waals surface area (Å²) in [6.45, 7) is -0.174. The molecule has 98 valence electrons. The smallest absolute Gasteiger partial charge is 0.217 e. The number of hydrogen-bond donors (Lipinski definition) is 1. The van der Waals surface area contributed by atoms with Gasteiger partial charge in [0.2, 0.25) is 5.79 Å². The average Bonchev–Trinajstić information content (AvgIpc) is 2.60. The Labute approximate surface area is 120 Å². The average molecular weight is 322 g/mol. The molecule has 0 heterocycles. The standard InChI is InChI=1S/C10H12Cl4O3/c1-16-10(17-2)8(13)3-5(4-15)9(10,14)7(12)6(8)11/h5,15H,3-4H2,1-2H3/t5-,8+,9+/m0/s1. The zero-order valence-electron chi connectivity index (χ0n) is 9.27. The van der Waals surface area contributed by atoms with Gasteiger partial charge in [0.1, 0.15) is 9.75 Å². The Kier molecular flexibility index (Phi) is 3.45. The van der Waals surface area contributed by atoms with Crippen molar-refractivity contribution >= 4 is 46.4 Å². The largest absolute Gasteiger partial charge is 0.396 e. The van der Waals surface area contributed by atoms with Gasteiger partial charge in [0.05, 0.1) is 10.1 Å². The summed E-state index contributed by atoms with van der Waals surface area (Å²) in [5, 5.41) is 9.83. The van der Waals surface area contributed by atoms with E-state index in [9.17, 15) is 5.11 Å². The van der Waals surface area contributed by atoms with E-state index in [-0.39, 0.29) is 22.6 Å². The highest BCUT2D eigenvalue weighted by molar-refractivity contribution is 6.51. The van der Waals surface area contributed by atoms with E-state index in [4.69, 9.17) is 55.9 Å². The van der Waals surface area contributed by atoms with E-state index in [1.807, 2.05) is 0 Å². The van der Waals surface area contributed by atoms with E-state index < -0.39 is 15.5 Å². The minimum atomic E-state index is -1.37. The molecular weight excluding hydrogens is 310 g/mol. The third kappa shape index (κ3) is 1.27. The topological polar surface area (TPSA) is 38.7 Å². The molecule has 17 heavy (non-hydrogen) atoms. The monoisotopic (exact) mass is 320 g/mol. The van der Waals surface area contributed by atoms with Gasteiger partial charge in [0, 0.05) is 26.7 Å². The van der Waals surface area contributed by atoms with Crippen LogP contribution in [-0.2, 0) is 9.47 Å². The molecular formula is C10H12Cl4O3. The summed E-state index contributed by atoms with van der Waals surface area (Å²) in [5.74, 6) is -1.75. The zero-order valence-corrected chi connectivity index (χ0v) is 12.3. The van der Waals surface area contributed by atoms with Crippen LogP contribution in [0.25, 0.3) is 0 Å². The first kappa shape index (κ1) is 14.2. The summed E-state index contributed by atoms with van der Waals surface area (Å²) in [7, 11) is 2.86. The van der Waals surface area contributed by atoms with Crippen molar-refractivity contribution in [3.8, 4) is 0 Å². The molecule has 0 aliphatic heterocycles. The Morgan fingerprint density at radius 3 is 2.12 bits per heavy atom. The van der Waals surface area contributed by atoms with Crippen LogP contribution in [0.3, 0.4) is 0 Å². The van der Waals surface area contributed by atoms with E-state index in [0.717, 1.165) is 0 Å². The fourth-order valence-electron chi connectivity index (χ4n) is 2.96. The lowest BCUT2D eigenvalue weighted by Crippen LogP contribution is -2.57. The number of rotatable bonds is 3. The summed E-state index contributed by atoms with van der Waals surface area (Å²) >= 11 is 25.4. The molecule has 0 amide bonds. The van der Waals surface area contributed by atoms with Crippen molar-refractivity contribution < 1.29 is 14.6 Å². The summed E-state index contributed by atoms with van der Waals surface area (Å²) in [5.41, 5.74) is 0. The molecule has 1 saturated carbocycles. The number of aliphatic hydroxyl groups is 1. The van der Waals surface area contributed by atoms with Gasteiger partial charge in [0.15, 0.2) is 0 Å². The minimum Gasteiger partial charge on any atom is -0.396 e. The molecule has 3 atom stereocenters. The minimum absolute atomic E-state index is 0.174. The molecule has 0 aromatic carbocycles. The number of hydrogen-bond acceptors (Lipinski definition) is 3. The lowest BCUT2D eigenvalue weighted by molar-refractivity contribution is -0.219. The molecule has 2 aliphatic rings. The van der Waals surface area contributed by atoms with Crippen molar-refractivity contribution in [2.45, 2.75) is 22.0 Å². The fraction of sp³-hybridized carbons (Fsp3) is 0.800.